The van der Waals surface area contributed by atoms with Crippen molar-refractivity contribution in [1.29, 1.82) is 0 Å². The van der Waals surface area contributed by atoms with Crippen LogP contribution in [0.1, 0.15) is 316 Å². The Bertz CT molecular complexity index is 902. The molecule has 0 fully saturated rings. The quantitative estimate of drug-likeness (QED) is 0.0346. The third-order valence-corrected chi connectivity index (χ3v) is 12.8. The van der Waals surface area contributed by atoms with Crippen molar-refractivity contribution in [3.05, 3.63) is 12.2 Å². The first-order valence-corrected chi connectivity index (χ1v) is 28.2. The van der Waals surface area contributed by atoms with Crippen LogP contribution in [0.15, 0.2) is 12.2 Å². The van der Waals surface area contributed by atoms with Crippen molar-refractivity contribution in [3.8, 4) is 0 Å². The van der Waals surface area contributed by atoms with Crippen molar-refractivity contribution in [2.24, 2.45) is 0 Å². The van der Waals surface area contributed by atoms with Gasteiger partial charge >= 0.3 is 11.9 Å². The fourth-order valence-electron chi connectivity index (χ4n) is 8.57. The molecule has 0 amide bonds. The number of rotatable bonds is 53. The van der Waals surface area contributed by atoms with Crippen molar-refractivity contribution in [3.63, 3.8) is 0 Å². The van der Waals surface area contributed by atoms with Crippen molar-refractivity contribution in [1.82, 2.24) is 0 Å². The third-order valence-electron chi connectivity index (χ3n) is 12.8. The lowest BCUT2D eigenvalue weighted by molar-refractivity contribution is -0.163. The molecule has 368 valence electrons. The fourth-order valence-corrected chi connectivity index (χ4v) is 8.57. The van der Waals surface area contributed by atoms with Crippen LogP contribution < -0.4 is 0 Å². The maximum absolute atomic E-state index is 12.8. The van der Waals surface area contributed by atoms with Crippen molar-refractivity contribution in [2.45, 2.75) is 322 Å². The lowest BCUT2D eigenvalue weighted by atomic mass is 10.0. The van der Waals surface area contributed by atoms with Gasteiger partial charge in [-0.15, -0.1) is 0 Å². The van der Waals surface area contributed by atoms with Gasteiger partial charge in [-0.2, -0.15) is 0 Å². The first-order chi connectivity index (χ1) is 30.6. The van der Waals surface area contributed by atoms with Gasteiger partial charge in [0.05, 0.1) is 6.61 Å². The third kappa shape index (κ3) is 51.3. The number of carbonyl (C=O) groups is 2. The zero-order chi connectivity index (χ0) is 44.9. The largest absolute Gasteiger partial charge is 0.462 e. The second kappa shape index (κ2) is 54.0. The minimum Gasteiger partial charge on any atom is -0.462 e. The summed E-state index contributed by atoms with van der Waals surface area (Å²) in [4.78, 5) is 25.4. The summed E-state index contributed by atoms with van der Waals surface area (Å²) < 4.78 is 17.4. The smallest absolute Gasteiger partial charge is 0.306 e. The second-order valence-corrected chi connectivity index (χ2v) is 19.2. The van der Waals surface area contributed by atoms with E-state index in [0.29, 0.717) is 26.1 Å². The molecule has 5 nitrogen and oxygen atoms in total. The molecule has 0 aliphatic heterocycles. The van der Waals surface area contributed by atoms with Crippen molar-refractivity contribution >= 4 is 11.9 Å². The summed E-state index contributed by atoms with van der Waals surface area (Å²) >= 11 is 0. The van der Waals surface area contributed by atoms with E-state index < -0.39 is 6.10 Å². The Labute approximate surface area is 388 Å². The molecule has 0 N–H and O–H groups in total. The standard InChI is InChI=1S/C57H110O5/c1-4-7-10-13-16-19-21-23-25-27-29-30-32-34-36-39-41-44-47-50-56(58)61-54-55(62-57(59)51-48-45-42-38-18-15-12-9-6-3)53-60-52-49-46-43-40-37-35-33-31-28-26-24-22-20-17-14-11-8-5-2/h24,26,55H,4-23,25,27-54H2,1-3H3/b26-24-. The summed E-state index contributed by atoms with van der Waals surface area (Å²) in [5.74, 6) is -0.377. The highest BCUT2D eigenvalue weighted by atomic mass is 16.6. The molecule has 0 aliphatic carbocycles. The molecule has 0 saturated heterocycles. The predicted octanol–water partition coefficient (Wildman–Crippen LogP) is 19.0. The van der Waals surface area contributed by atoms with Crippen LogP contribution in [0.5, 0.6) is 0 Å². The van der Waals surface area contributed by atoms with Gasteiger partial charge in [-0.3, -0.25) is 9.59 Å². The Morgan fingerprint density at radius 1 is 0.339 bits per heavy atom. The predicted molar refractivity (Wildman–Crippen MR) is 270 cm³/mol. The minimum atomic E-state index is -0.527. The molecule has 0 bridgehead atoms. The highest BCUT2D eigenvalue weighted by Gasteiger charge is 2.17. The van der Waals surface area contributed by atoms with Crippen LogP contribution in [-0.4, -0.2) is 37.9 Å². The molecule has 0 aromatic carbocycles. The van der Waals surface area contributed by atoms with Crippen LogP contribution in [0.4, 0.5) is 0 Å². The van der Waals surface area contributed by atoms with Gasteiger partial charge in [0.25, 0.3) is 0 Å². The molecule has 0 rings (SSSR count). The molecule has 0 aliphatic rings. The number of esters is 2. The number of unbranched alkanes of at least 4 members (excludes halogenated alkanes) is 40. The topological polar surface area (TPSA) is 61.8 Å². The van der Waals surface area contributed by atoms with Crippen LogP contribution in [0.3, 0.4) is 0 Å². The van der Waals surface area contributed by atoms with Gasteiger partial charge in [0, 0.05) is 19.4 Å². The fraction of sp³-hybridized carbons (Fsp3) is 0.930. The Morgan fingerprint density at radius 2 is 0.629 bits per heavy atom. The number of hydrogen-bond acceptors (Lipinski definition) is 5. The van der Waals surface area contributed by atoms with Gasteiger partial charge in [0.15, 0.2) is 6.10 Å². The molecule has 0 saturated carbocycles. The van der Waals surface area contributed by atoms with E-state index in [1.165, 1.54) is 250 Å². The molecule has 62 heavy (non-hydrogen) atoms. The SMILES string of the molecule is CCCCCCCC/C=C\CCCCCCCCCCOCC(COC(=O)CCCCCCCCCCCCCCCCCCCCC)OC(=O)CCCCCCCCCCC. The molecule has 0 aromatic heterocycles. The van der Waals surface area contributed by atoms with E-state index in [1.54, 1.807) is 0 Å². The van der Waals surface area contributed by atoms with Gasteiger partial charge in [-0.1, -0.05) is 270 Å². The van der Waals surface area contributed by atoms with Gasteiger partial charge in [0.1, 0.15) is 6.61 Å². The molecule has 0 spiro atoms. The number of hydrogen-bond donors (Lipinski definition) is 0. The first kappa shape index (κ1) is 60.6. The van der Waals surface area contributed by atoms with E-state index in [-0.39, 0.29) is 18.5 Å². The van der Waals surface area contributed by atoms with E-state index in [4.69, 9.17) is 14.2 Å². The number of carbonyl (C=O) groups excluding carboxylic acids is 2. The number of ether oxygens (including phenoxy) is 3. The zero-order valence-corrected chi connectivity index (χ0v) is 42.4. The van der Waals surface area contributed by atoms with E-state index in [2.05, 4.69) is 32.9 Å². The van der Waals surface area contributed by atoms with Crippen molar-refractivity contribution in [2.75, 3.05) is 19.8 Å². The maximum Gasteiger partial charge on any atom is 0.306 e. The molecular formula is C57H110O5. The molecular weight excluding hydrogens is 765 g/mol. The van der Waals surface area contributed by atoms with Gasteiger partial charge in [-0.05, 0) is 44.9 Å². The van der Waals surface area contributed by atoms with Crippen LogP contribution in [-0.2, 0) is 23.8 Å². The lowest BCUT2D eigenvalue weighted by Gasteiger charge is -2.18. The van der Waals surface area contributed by atoms with E-state index in [9.17, 15) is 9.59 Å². The molecule has 0 radical (unpaired) electrons. The Balaban J connectivity index is 4.09. The minimum absolute atomic E-state index is 0.0936. The van der Waals surface area contributed by atoms with Crippen LogP contribution in [0, 0.1) is 0 Å². The second-order valence-electron chi connectivity index (χ2n) is 19.2. The Morgan fingerprint density at radius 3 is 0.984 bits per heavy atom. The average molecular weight is 876 g/mol. The van der Waals surface area contributed by atoms with Crippen molar-refractivity contribution < 1.29 is 23.8 Å². The monoisotopic (exact) mass is 875 g/mol. The molecule has 5 heteroatoms. The molecule has 1 atom stereocenters. The summed E-state index contributed by atoms with van der Waals surface area (Å²) in [6.07, 6.45) is 62.4. The highest BCUT2D eigenvalue weighted by Crippen LogP contribution is 2.17. The maximum atomic E-state index is 12.8. The Hall–Kier alpha value is -1.36. The molecule has 1 unspecified atom stereocenters. The summed E-state index contributed by atoms with van der Waals surface area (Å²) in [6.45, 7) is 7.87. The van der Waals surface area contributed by atoms with E-state index >= 15 is 0 Å². The lowest BCUT2D eigenvalue weighted by Crippen LogP contribution is -2.30. The summed E-state index contributed by atoms with van der Waals surface area (Å²) in [6, 6.07) is 0. The zero-order valence-electron chi connectivity index (χ0n) is 42.4. The summed E-state index contributed by atoms with van der Waals surface area (Å²) in [7, 11) is 0. The van der Waals surface area contributed by atoms with E-state index in [1.807, 2.05) is 0 Å². The Kier molecular flexibility index (Phi) is 52.8. The summed E-state index contributed by atoms with van der Waals surface area (Å²) in [5, 5.41) is 0. The normalized spacial score (nSPS) is 12.1. The van der Waals surface area contributed by atoms with Crippen LogP contribution in [0.25, 0.3) is 0 Å². The van der Waals surface area contributed by atoms with Gasteiger partial charge < -0.3 is 14.2 Å². The van der Waals surface area contributed by atoms with Crippen LogP contribution >= 0.6 is 0 Å². The summed E-state index contributed by atoms with van der Waals surface area (Å²) in [5.41, 5.74) is 0. The average Bonchev–Trinajstić information content (AvgIpc) is 3.27. The first-order valence-electron chi connectivity index (χ1n) is 28.2. The van der Waals surface area contributed by atoms with Gasteiger partial charge in [0.2, 0.25) is 0 Å². The van der Waals surface area contributed by atoms with E-state index in [0.717, 1.165) is 32.1 Å². The molecule has 0 aromatic rings. The number of allylic oxidation sites excluding steroid dienone is 2. The molecule has 0 heterocycles. The highest BCUT2D eigenvalue weighted by molar-refractivity contribution is 5.70. The van der Waals surface area contributed by atoms with Crippen LogP contribution in [0.2, 0.25) is 0 Å². The van der Waals surface area contributed by atoms with Gasteiger partial charge in [-0.25, -0.2) is 0 Å².